The summed E-state index contributed by atoms with van der Waals surface area (Å²) in [6.45, 7) is 13.0. The van der Waals surface area contributed by atoms with E-state index in [1.165, 1.54) is 25.1 Å². The number of carbonyl (C=O) groups is 4. The highest BCUT2D eigenvalue weighted by Gasteiger charge is 2.25. The quantitative estimate of drug-likeness (QED) is 0.291. The molecule has 0 spiro atoms. The van der Waals surface area contributed by atoms with E-state index in [0.29, 0.717) is 5.56 Å². The number of carbonyl (C=O) groups excluding carboxylic acids is 3. The number of nitrogens with one attached hydrogen (secondary N) is 1. The highest BCUT2D eigenvalue weighted by Crippen LogP contribution is 2.31. The number of rotatable bonds is 9. The number of ether oxygens (including phenoxy) is 5. The molecule has 11 nitrogen and oxygen atoms in total. The van der Waals surface area contributed by atoms with E-state index >= 15 is 0 Å². The number of hydrogen-bond acceptors (Lipinski definition) is 10. The van der Waals surface area contributed by atoms with Gasteiger partial charge in [0.2, 0.25) is 0 Å². The molecule has 35 heavy (non-hydrogen) atoms. The Kier molecular flexibility index (Phi) is 10.5. The number of hydrogen-bond donors (Lipinski definition) is 2. The fourth-order valence-corrected chi connectivity index (χ4v) is 2.68. The second-order valence-electron chi connectivity index (χ2n) is 9.84. The third kappa shape index (κ3) is 12.6. The fourth-order valence-electron chi connectivity index (χ4n) is 2.68. The van der Waals surface area contributed by atoms with Gasteiger partial charge >= 0.3 is 24.2 Å². The smallest absolute Gasteiger partial charge is 0.480 e. The van der Waals surface area contributed by atoms with E-state index in [-0.39, 0.29) is 24.5 Å². The molecule has 1 aromatic rings. The highest BCUT2D eigenvalue weighted by atomic mass is 16.8. The van der Waals surface area contributed by atoms with Gasteiger partial charge in [-0.25, -0.2) is 9.59 Å². The maximum absolute atomic E-state index is 12.2. The van der Waals surface area contributed by atoms with Crippen molar-refractivity contribution in [1.82, 2.24) is 5.32 Å². The largest absolute Gasteiger partial charge is 0.514 e. The lowest BCUT2D eigenvalue weighted by atomic mass is 10.0. The van der Waals surface area contributed by atoms with Gasteiger partial charge in [-0.1, -0.05) is 6.07 Å². The van der Waals surface area contributed by atoms with Crippen molar-refractivity contribution in [2.45, 2.75) is 85.2 Å². The van der Waals surface area contributed by atoms with E-state index in [4.69, 9.17) is 23.7 Å². The van der Waals surface area contributed by atoms with Gasteiger partial charge in [0, 0.05) is 13.5 Å². The average molecular weight is 498 g/mol. The van der Waals surface area contributed by atoms with Crippen LogP contribution in [0.4, 0.5) is 9.59 Å². The molecule has 11 heteroatoms. The van der Waals surface area contributed by atoms with Crippen molar-refractivity contribution in [1.29, 1.82) is 0 Å². The molecule has 0 fully saturated rings. The SMILES string of the molecule is CC(=O)OC(C)CN[C@@H](Cc1ccc(OC(=O)OC(C)(C)C)c(OC(=O)OC(C)(C)C)c1)C(=O)O. The van der Waals surface area contributed by atoms with Crippen LogP contribution in [0.15, 0.2) is 18.2 Å². The van der Waals surface area contributed by atoms with Crippen LogP contribution in [0, 0.1) is 0 Å². The summed E-state index contributed by atoms with van der Waals surface area (Å²) in [5.74, 6) is -1.88. The Morgan fingerprint density at radius 2 is 1.43 bits per heavy atom. The van der Waals surface area contributed by atoms with Gasteiger partial charge < -0.3 is 34.1 Å². The zero-order valence-electron chi connectivity index (χ0n) is 21.4. The topological polar surface area (TPSA) is 147 Å². The minimum absolute atomic E-state index is 0.0144. The van der Waals surface area contributed by atoms with Gasteiger partial charge in [0.25, 0.3) is 0 Å². The number of carboxylic acid groups (broad SMARTS) is 1. The Bertz CT molecular complexity index is 914. The van der Waals surface area contributed by atoms with Crippen LogP contribution >= 0.6 is 0 Å². The van der Waals surface area contributed by atoms with Crippen molar-refractivity contribution >= 4 is 24.2 Å². The number of aliphatic carboxylic acids is 1. The van der Waals surface area contributed by atoms with E-state index in [1.807, 2.05) is 0 Å². The van der Waals surface area contributed by atoms with Gasteiger partial charge in [-0.05, 0) is 72.6 Å². The van der Waals surface area contributed by atoms with E-state index in [9.17, 15) is 24.3 Å². The molecule has 0 bridgehead atoms. The average Bonchev–Trinajstić information content (AvgIpc) is 2.63. The summed E-state index contributed by atoms with van der Waals surface area (Å²) in [6, 6.07) is 3.21. The predicted molar refractivity (Wildman–Crippen MR) is 125 cm³/mol. The summed E-state index contributed by atoms with van der Waals surface area (Å²) < 4.78 is 25.7. The molecular weight excluding hydrogens is 462 g/mol. The minimum Gasteiger partial charge on any atom is -0.480 e. The molecule has 0 saturated carbocycles. The second kappa shape index (κ2) is 12.4. The Morgan fingerprint density at radius 1 is 0.914 bits per heavy atom. The van der Waals surface area contributed by atoms with E-state index < -0.39 is 47.6 Å². The van der Waals surface area contributed by atoms with Crippen molar-refractivity contribution < 1.29 is 48.0 Å². The van der Waals surface area contributed by atoms with Gasteiger partial charge in [0.15, 0.2) is 11.5 Å². The predicted octanol–water partition coefficient (Wildman–Crippen LogP) is 3.85. The normalized spacial score (nSPS) is 13.3. The molecule has 0 heterocycles. The molecule has 0 aliphatic rings. The maximum atomic E-state index is 12.2. The van der Waals surface area contributed by atoms with E-state index in [0.717, 1.165) is 0 Å². The first-order valence-corrected chi connectivity index (χ1v) is 11.0. The van der Waals surface area contributed by atoms with Crippen LogP contribution in [0.1, 0.15) is 61.0 Å². The van der Waals surface area contributed by atoms with Crippen LogP contribution in [-0.4, -0.2) is 59.2 Å². The number of carboxylic acids is 1. The lowest BCUT2D eigenvalue weighted by Crippen LogP contribution is -2.42. The molecule has 1 rings (SSSR count). The van der Waals surface area contributed by atoms with Crippen molar-refractivity contribution in [2.24, 2.45) is 0 Å². The third-order valence-corrected chi connectivity index (χ3v) is 3.93. The molecule has 0 radical (unpaired) electrons. The van der Waals surface area contributed by atoms with Gasteiger partial charge in [-0.2, -0.15) is 0 Å². The Morgan fingerprint density at radius 3 is 1.89 bits per heavy atom. The van der Waals surface area contributed by atoms with Crippen LogP contribution in [0.2, 0.25) is 0 Å². The summed E-state index contributed by atoms with van der Waals surface area (Å²) >= 11 is 0. The summed E-state index contributed by atoms with van der Waals surface area (Å²) in [5, 5.41) is 12.4. The first-order chi connectivity index (χ1) is 15.9. The van der Waals surface area contributed by atoms with Gasteiger partial charge in [0.05, 0.1) is 0 Å². The molecule has 1 aromatic carbocycles. The Hall–Kier alpha value is -3.34. The third-order valence-electron chi connectivity index (χ3n) is 3.93. The molecule has 2 N–H and O–H groups in total. The molecule has 0 amide bonds. The van der Waals surface area contributed by atoms with Crippen LogP contribution in [0.3, 0.4) is 0 Å². The molecule has 1 unspecified atom stereocenters. The van der Waals surface area contributed by atoms with Crippen LogP contribution in [0.5, 0.6) is 11.5 Å². The zero-order valence-corrected chi connectivity index (χ0v) is 21.4. The number of esters is 1. The maximum Gasteiger partial charge on any atom is 0.514 e. The molecule has 196 valence electrons. The van der Waals surface area contributed by atoms with Crippen molar-refractivity contribution in [3.05, 3.63) is 23.8 Å². The summed E-state index contributed by atoms with van der Waals surface area (Å²) in [4.78, 5) is 47.2. The monoisotopic (exact) mass is 497 g/mol. The van der Waals surface area contributed by atoms with E-state index in [2.05, 4.69) is 5.32 Å². The summed E-state index contributed by atoms with van der Waals surface area (Å²) in [7, 11) is 0. The molecule has 2 atom stereocenters. The first-order valence-electron chi connectivity index (χ1n) is 11.0. The second-order valence-corrected chi connectivity index (χ2v) is 9.84. The Balaban J connectivity index is 3.12. The lowest BCUT2D eigenvalue weighted by Gasteiger charge is -2.21. The lowest BCUT2D eigenvalue weighted by molar-refractivity contribution is -0.145. The van der Waals surface area contributed by atoms with Crippen LogP contribution in [0.25, 0.3) is 0 Å². The molecule has 0 aliphatic carbocycles. The molecule has 0 aromatic heterocycles. The van der Waals surface area contributed by atoms with Crippen LogP contribution < -0.4 is 14.8 Å². The molecule has 0 aliphatic heterocycles. The van der Waals surface area contributed by atoms with E-state index in [1.54, 1.807) is 48.5 Å². The number of benzene rings is 1. The molecule has 0 saturated heterocycles. The minimum atomic E-state index is -1.14. The standard InChI is InChI=1S/C24H35NO10/c1-14(31-15(2)26)13-25-17(20(27)28)11-16-9-10-18(32-21(29)34-23(3,4)5)19(12-16)33-22(30)35-24(6,7)8/h9-10,12,14,17,25H,11,13H2,1-8H3,(H,27,28)/t14?,17-/m0/s1. The summed E-state index contributed by atoms with van der Waals surface area (Å²) in [6.07, 6.45) is -2.60. The van der Waals surface area contributed by atoms with Gasteiger partial charge in [-0.15, -0.1) is 0 Å². The zero-order chi connectivity index (χ0) is 27.0. The van der Waals surface area contributed by atoms with Gasteiger partial charge in [0.1, 0.15) is 23.3 Å². The molecular formula is C24H35NO10. The summed E-state index contributed by atoms with van der Waals surface area (Å²) in [5.41, 5.74) is -1.19. The fraction of sp³-hybridized carbons (Fsp3) is 0.583. The van der Waals surface area contributed by atoms with Gasteiger partial charge in [-0.3, -0.25) is 9.59 Å². The van der Waals surface area contributed by atoms with Crippen molar-refractivity contribution in [2.75, 3.05) is 6.54 Å². The first kappa shape index (κ1) is 29.7. The van der Waals surface area contributed by atoms with Crippen molar-refractivity contribution in [3.63, 3.8) is 0 Å². The van der Waals surface area contributed by atoms with Crippen molar-refractivity contribution in [3.8, 4) is 11.5 Å². The highest BCUT2D eigenvalue weighted by molar-refractivity contribution is 5.74. The Labute approximate surface area is 205 Å². The van der Waals surface area contributed by atoms with Crippen LogP contribution in [-0.2, 0) is 30.2 Å².